The van der Waals surface area contributed by atoms with E-state index in [-0.39, 0.29) is 5.24 Å². The summed E-state index contributed by atoms with van der Waals surface area (Å²) in [5, 5.41) is 0.265. The molecule has 1 aromatic carbocycles. The molecule has 0 aliphatic rings. The zero-order valence-electron chi connectivity index (χ0n) is 9.87. The van der Waals surface area contributed by atoms with Gasteiger partial charge in [-0.2, -0.15) is 0 Å². The van der Waals surface area contributed by atoms with Gasteiger partial charge >= 0.3 is 0 Å². The Bertz CT molecular complexity index is 363. The summed E-state index contributed by atoms with van der Waals surface area (Å²) in [5.41, 5.74) is 0.987. The Kier molecular flexibility index (Phi) is 5.36. The van der Waals surface area contributed by atoms with Crippen molar-refractivity contribution < 1.29 is 4.79 Å². The molecule has 16 heavy (non-hydrogen) atoms. The molecule has 0 radical (unpaired) electrons. The first-order valence-corrected chi connectivity index (χ1v) is 6.68. The lowest BCUT2D eigenvalue weighted by atomic mass is 10.1. The molecule has 1 nitrogen and oxygen atoms in total. The van der Waals surface area contributed by atoms with Gasteiger partial charge in [-0.15, -0.1) is 11.8 Å². The van der Waals surface area contributed by atoms with Crippen molar-refractivity contribution in [3.05, 3.63) is 29.8 Å². The summed E-state index contributed by atoms with van der Waals surface area (Å²) in [5.74, 6) is 0.642. The Morgan fingerprint density at radius 1 is 1.38 bits per heavy atom. The van der Waals surface area contributed by atoms with E-state index in [4.69, 9.17) is 11.6 Å². The van der Waals surface area contributed by atoms with E-state index >= 15 is 0 Å². The van der Waals surface area contributed by atoms with Crippen LogP contribution in [0, 0.1) is 5.92 Å². The highest BCUT2D eigenvalue weighted by molar-refractivity contribution is 8.00. The minimum absolute atomic E-state index is 0.306. The number of carbonyl (C=O) groups excluding carboxylic acids is 1. The molecule has 1 rings (SSSR count). The van der Waals surface area contributed by atoms with Crippen LogP contribution in [-0.4, -0.2) is 10.5 Å². The van der Waals surface area contributed by atoms with Gasteiger partial charge in [0.2, 0.25) is 5.24 Å². The zero-order valence-corrected chi connectivity index (χ0v) is 11.4. The second kappa shape index (κ2) is 6.31. The Labute approximate surface area is 107 Å². The molecule has 1 atom stereocenters. The molecule has 0 heterocycles. The third kappa shape index (κ3) is 4.58. The van der Waals surface area contributed by atoms with Crippen LogP contribution in [0.5, 0.6) is 0 Å². The molecule has 0 bridgehead atoms. The average Bonchev–Trinajstić information content (AvgIpc) is 2.16. The van der Waals surface area contributed by atoms with Gasteiger partial charge in [0.15, 0.2) is 0 Å². The molecule has 0 N–H and O–H groups in total. The summed E-state index contributed by atoms with van der Waals surface area (Å²) >= 11 is 7.21. The fraction of sp³-hybridized carbons (Fsp3) is 0.462. The second-order valence-electron chi connectivity index (χ2n) is 4.25. The molecule has 0 aliphatic carbocycles. The van der Waals surface area contributed by atoms with E-state index in [1.807, 2.05) is 30.0 Å². The summed E-state index contributed by atoms with van der Waals surface area (Å²) in [6.07, 6.45) is 0.312. The number of halogens is 1. The standard InChI is InChI=1S/C13H17ClOS/c1-9(2)10(3)16-12-6-4-5-11(7-12)8-13(14)15/h4-7,9-10H,8H2,1-3H3. The predicted molar refractivity (Wildman–Crippen MR) is 71.2 cm³/mol. The second-order valence-corrected chi connectivity index (χ2v) is 6.12. The van der Waals surface area contributed by atoms with Crippen LogP contribution in [0.15, 0.2) is 29.2 Å². The van der Waals surface area contributed by atoms with Crippen LogP contribution < -0.4 is 0 Å². The van der Waals surface area contributed by atoms with Crippen LogP contribution in [0.1, 0.15) is 26.3 Å². The van der Waals surface area contributed by atoms with Crippen molar-refractivity contribution in [1.29, 1.82) is 0 Å². The largest absolute Gasteiger partial charge is 0.281 e. The number of rotatable bonds is 5. The van der Waals surface area contributed by atoms with Gasteiger partial charge in [-0.05, 0) is 35.2 Å². The molecule has 3 heteroatoms. The monoisotopic (exact) mass is 256 g/mol. The van der Waals surface area contributed by atoms with Crippen molar-refractivity contribution in [3.8, 4) is 0 Å². The van der Waals surface area contributed by atoms with Crippen LogP contribution in [0.25, 0.3) is 0 Å². The molecular weight excluding hydrogens is 240 g/mol. The zero-order chi connectivity index (χ0) is 12.1. The van der Waals surface area contributed by atoms with E-state index in [0.29, 0.717) is 17.6 Å². The van der Waals surface area contributed by atoms with E-state index < -0.39 is 0 Å². The van der Waals surface area contributed by atoms with Crippen LogP contribution in [-0.2, 0) is 11.2 Å². The molecule has 0 saturated carbocycles. The van der Waals surface area contributed by atoms with E-state index in [9.17, 15) is 4.79 Å². The van der Waals surface area contributed by atoms with Gasteiger partial charge in [0.1, 0.15) is 0 Å². The maximum Gasteiger partial charge on any atom is 0.226 e. The van der Waals surface area contributed by atoms with E-state index in [1.165, 1.54) is 4.90 Å². The van der Waals surface area contributed by atoms with Gasteiger partial charge in [-0.25, -0.2) is 0 Å². The van der Waals surface area contributed by atoms with Crippen LogP contribution in [0.3, 0.4) is 0 Å². The Morgan fingerprint density at radius 2 is 2.06 bits per heavy atom. The molecule has 0 aliphatic heterocycles. The predicted octanol–water partition coefficient (Wildman–Crippen LogP) is 4.13. The fourth-order valence-electron chi connectivity index (χ4n) is 1.24. The van der Waals surface area contributed by atoms with Crippen molar-refractivity contribution in [2.24, 2.45) is 5.92 Å². The van der Waals surface area contributed by atoms with E-state index in [0.717, 1.165) is 5.56 Å². The van der Waals surface area contributed by atoms with Crippen molar-refractivity contribution in [2.75, 3.05) is 0 Å². The number of hydrogen-bond acceptors (Lipinski definition) is 2. The lowest BCUT2D eigenvalue weighted by Gasteiger charge is -2.15. The van der Waals surface area contributed by atoms with Crippen LogP contribution in [0.4, 0.5) is 0 Å². The van der Waals surface area contributed by atoms with Crippen molar-refractivity contribution in [2.45, 2.75) is 37.3 Å². The highest BCUT2D eigenvalue weighted by Crippen LogP contribution is 2.28. The quantitative estimate of drug-likeness (QED) is 0.582. The number of thioether (sulfide) groups is 1. The fourth-order valence-corrected chi connectivity index (χ4v) is 2.47. The minimum atomic E-state index is -0.306. The van der Waals surface area contributed by atoms with Gasteiger partial charge < -0.3 is 0 Å². The molecular formula is C13H17ClOS. The third-order valence-corrected chi connectivity index (χ3v) is 4.08. The maximum atomic E-state index is 10.8. The number of benzene rings is 1. The molecule has 0 spiro atoms. The SMILES string of the molecule is CC(C)C(C)Sc1cccc(CC(=O)Cl)c1. The molecule has 0 aromatic heterocycles. The Hall–Kier alpha value is -0.470. The topological polar surface area (TPSA) is 17.1 Å². The van der Waals surface area contributed by atoms with Gasteiger partial charge in [0.25, 0.3) is 0 Å². The summed E-state index contributed by atoms with van der Waals surface area (Å²) in [4.78, 5) is 12.0. The maximum absolute atomic E-state index is 10.8. The highest BCUT2D eigenvalue weighted by atomic mass is 35.5. The lowest BCUT2D eigenvalue weighted by Crippen LogP contribution is -2.05. The first-order valence-electron chi connectivity index (χ1n) is 5.43. The van der Waals surface area contributed by atoms with Gasteiger partial charge in [-0.1, -0.05) is 32.9 Å². The lowest BCUT2D eigenvalue weighted by molar-refractivity contribution is -0.111. The summed E-state index contributed by atoms with van der Waals surface area (Å²) in [7, 11) is 0. The number of hydrogen-bond donors (Lipinski definition) is 0. The van der Waals surface area contributed by atoms with Crippen LogP contribution in [0.2, 0.25) is 0 Å². The average molecular weight is 257 g/mol. The van der Waals surface area contributed by atoms with E-state index in [1.54, 1.807) is 0 Å². The minimum Gasteiger partial charge on any atom is -0.281 e. The summed E-state index contributed by atoms with van der Waals surface area (Å²) in [6, 6.07) is 8.03. The molecule has 0 saturated heterocycles. The van der Waals surface area contributed by atoms with Crippen molar-refractivity contribution in [3.63, 3.8) is 0 Å². The molecule has 0 amide bonds. The molecule has 1 aromatic rings. The molecule has 0 fully saturated rings. The number of carbonyl (C=O) groups is 1. The van der Waals surface area contributed by atoms with Crippen LogP contribution >= 0.6 is 23.4 Å². The smallest absolute Gasteiger partial charge is 0.226 e. The van der Waals surface area contributed by atoms with Gasteiger partial charge in [0.05, 0.1) is 0 Å². The highest BCUT2D eigenvalue weighted by Gasteiger charge is 2.09. The summed E-state index contributed by atoms with van der Waals surface area (Å²) in [6.45, 7) is 6.64. The Balaban J connectivity index is 2.70. The molecule has 1 unspecified atom stereocenters. The normalized spacial score (nSPS) is 12.8. The summed E-state index contributed by atoms with van der Waals surface area (Å²) < 4.78 is 0. The van der Waals surface area contributed by atoms with Crippen molar-refractivity contribution in [1.82, 2.24) is 0 Å². The van der Waals surface area contributed by atoms with Gasteiger partial charge in [0, 0.05) is 16.6 Å². The third-order valence-electron chi connectivity index (χ3n) is 2.50. The Morgan fingerprint density at radius 3 is 2.62 bits per heavy atom. The van der Waals surface area contributed by atoms with Gasteiger partial charge in [-0.3, -0.25) is 4.79 Å². The molecule has 88 valence electrons. The van der Waals surface area contributed by atoms with E-state index in [2.05, 4.69) is 26.8 Å². The van der Waals surface area contributed by atoms with Crippen molar-refractivity contribution >= 4 is 28.6 Å². The first-order chi connectivity index (χ1) is 7.49. The first kappa shape index (κ1) is 13.6.